The lowest BCUT2D eigenvalue weighted by Crippen LogP contribution is -2.55. The van der Waals surface area contributed by atoms with E-state index in [2.05, 4.69) is 15.2 Å². The minimum atomic E-state index is -1.67. The number of methoxy groups -OCH3 is 2. The molecule has 3 aliphatic heterocycles. The number of carbonyl (C=O) groups is 2. The molecule has 0 amide bonds. The first-order valence-electron chi connectivity index (χ1n) is 16.6. The van der Waals surface area contributed by atoms with Crippen LogP contribution in [0.5, 0.6) is 17.2 Å². The van der Waals surface area contributed by atoms with Crippen molar-refractivity contribution in [1.82, 2.24) is 15.2 Å². The van der Waals surface area contributed by atoms with Crippen molar-refractivity contribution in [2.45, 2.75) is 81.5 Å². The maximum Gasteiger partial charge on any atom is 0.202 e. The molecule has 50 heavy (non-hydrogen) atoms. The minimum absolute atomic E-state index is 0.00221. The number of hydrogen-bond acceptors (Lipinski definition) is 15. The van der Waals surface area contributed by atoms with Gasteiger partial charge in [-0.3, -0.25) is 14.5 Å². The van der Waals surface area contributed by atoms with Crippen LogP contribution in [-0.4, -0.2) is 108 Å². The van der Waals surface area contributed by atoms with Crippen molar-refractivity contribution in [2.24, 2.45) is 0 Å². The molecule has 2 aliphatic carbocycles. The molecule has 8 atom stereocenters. The average Bonchev–Trinajstić information content (AvgIpc) is 3.74. The number of phenols is 2. The van der Waals surface area contributed by atoms with E-state index in [9.17, 15) is 24.9 Å². The highest BCUT2D eigenvalue weighted by Crippen LogP contribution is 2.54. The lowest BCUT2D eigenvalue weighted by molar-refractivity contribution is -0.256. The standard InChI is InChI=1S/C35H39N3O11S/c1-15-32-18(38-8-9-46-34(45-4)33(38)49-32)10-23(47-15)48-20-12-35(43,21-14-50-22(37-21)13-36-2)11-17-25(20)31(42)27-26(29(17)40)28(39)16-6-5-7-19(44-3)24(16)30(27)41/h5-7,14-15,18,20,23,32-34,36,40,42-43H,8-13H2,1-4H3/t15-,18-,20-,23-,32+,33+,34-,35-/m0/s1. The van der Waals surface area contributed by atoms with Crippen molar-refractivity contribution in [2.75, 3.05) is 34.4 Å². The number of nitrogens with one attached hydrogen (secondary N) is 1. The number of aromatic nitrogens is 1. The molecule has 3 aromatic rings. The third-order valence-corrected chi connectivity index (χ3v) is 11.4. The van der Waals surface area contributed by atoms with Crippen molar-refractivity contribution in [1.29, 1.82) is 0 Å². The Morgan fingerprint density at radius 2 is 1.92 bits per heavy atom. The molecular weight excluding hydrogens is 670 g/mol. The molecule has 14 nitrogen and oxygen atoms in total. The van der Waals surface area contributed by atoms with Crippen LogP contribution in [0.1, 0.15) is 79.5 Å². The van der Waals surface area contributed by atoms with Gasteiger partial charge in [0, 0.05) is 67.6 Å². The number of hydrogen-bond donors (Lipinski definition) is 4. The maximum absolute atomic E-state index is 14.1. The van der Waals surface area contributed by atoms with E-state index in [1.807, 2.05) is 6.92 Å². The topological polar surface area (TPSA) is 178 Å². The second-order valence-corrected chi connectivity index (χ2v) is 14.3. The van der Waals surface area contributed by atoms with E-state index in [0.717, 1.165) is 5.01 Å². The number of nitrogens with zero attached hydrogens (tertiary/aromatic N) is 2. The summed E-state index contributed by atoms with van der Waals surface area (Å²) in [5, 5.41) is 41.8. The van der Waals surface area contributed by atoms with Crippen LogP contribution in [0.4, 0.5) is 0 Å². The fourth-order valence-electron chi connectivity index (χ4n) is 8.28. The quantitative estimate of drug-likeness (QED) is 0.206. The minimum Gasteiger partial charge on any atom is -0.507 e. The number of thiazole rings is 1. The molecule has 4 N–H and O–H groups in total. The third-order valence-electron chi connectivity index (χ3n) is 10.5. The summed E-state index contributed by atoms with van der Waals surface area (Å²) in [5.41, 5.74) is -1.72. The molecule has 8 rings (SSSR count). The lowest BCUT2D eigenvalue weighted by atomic mass is 9.72. The Kier molecular flexibility index (Phi) is 8.48. The van der Waals surface area contributed by atoms with Gasteiger partial charge in [-0.25, -0.2) is 4.98 Å². The van der Waals surface area contributed by atoms with Crippen LogP contribution in [-0.2, 0) is 42.3 Å². The average molecular weight is 710 g/mol. The van der Waals surface area contributed by atoms with Crippen molar-refractivity contribution < 1.29 is 53.3 Å². The summed E-state index contributed by atoms with van der Waals surface area (Å²) in [6.07, 6.45) is -3.46. The first-order chi connectivity index (χ1) is 24.1. The van der Waals surface area contributed by atoms with E-state index in [1.54, 1.807) is 31.7 Å². The molecule has 5 aliphatic rings. The van der Waals surface area contributed by atoms with Crippen molar-refractivity contribution in [3.63, 3.8) is 0 Å². The van der Waals surface area contributed by atoms with Gasteiger partial charge in [-0.1, -0.05) is 12.1 Å². The van der Waals surface area contributed by atoms with Crippen molar-refractivity contribution in [3.8, 4) is 17.2 Å². The molecule has 15 heteroatoms. The van der Waals surface area contributed by atoms with Crippen LogP contribution in [0, 0.1) is 0 Å². The number of phenolic OH excluding ortho intramolecular Hbond substituents is 2. The summed E-state index contributed by atoms with van der Waals surface area (Å²) in [5.74, 6) is -2.14. The highest BCUT2D eigenvalue weighted by atomic mass is 32.1. The SMILES string of the molecule is CNCc1nc([C@]2(O)Cc3c(O)c4c(c(O)c3[C@@H](O[C@H]3C[C@H]5[C@H](O[C@@H]6[C@@H](OC)OCCN65)[C@H](C)O3)C2)C(=O)c2c(OC)cccc2C4=O)cs1. The first kappa shape index (κ1) is 33.6. The van der Waals surface area contributed by atoms with E-state index < -0.39 is 59.7 Å². The second-order valence-electron chi connectivity index (χ2n) is 13.4. The van der Waals surface area contributed by atoms with Crippen LogP contribution < -0.4 is 10.1 Å². The highest BCUT2D eigenvalue weighted by Gasteiger charge is 2.55. The second kappa shape index (κ2) is 12.6. The Morgan fingerprint density at radius 3 is 2.68 bits per heavy atom. The number of ketones is 2. The number of carbonyl (C=O) groups excluding carboxylic acids is 2. The van der Waals surface area contributed by atoms with Gasteiger partial charge in [0.25, 0.3) is 0 Å². The van der Waals surface area contributed by atoms with Crippen LogP contribution in [0.25, 0.3) is 0 Å². The van der Waals surface area contributed by atoms with E-state index >= 15 is 0 Å². The smallest absolute Gasteiger partial charge is 0.202 e. The third kappa shape index (κ3) is 5.10. The summed E-state index contributed by atoms with van der Waals surface area (Å²) in [4.78, 5) is 34.9. The molecule has 2 aromatic carbocycles. The number of ether oxygens (including phenoxy) is 6. The Morgan fingerprint density at radius 1 is 1.12 bits per heavy atom. The monoisotopic (exact) mass is 709 g/mol. The zero-order valence-electron chi connectivity index (χ0n) is 28.0. The molecule has 0 spiro atoms. The molecule has 3 saturated heterocycles. The van der Waals surface area contributed by atoms with Crippen LogP contribution >= 0.6 is 11.3 Å². The van der Waals surface area contributed by atoms with E-state index in [1.165, 1.54) is 24.5 Å². The molecule has 3 fully saturated rings. The summed E-state index contributed by atoms with van der Waals surface area (Å²) in [6, 6.07) is 4.51. The molecule has 0 radical (unpaired) electrons. The van der Waals surface area contributed by atoms with E-state index in [4.69, 9.17) is 28.4 Å². The van der Waals surface area contributed by atoms with E-state index in [-0.39, 0.29) is 64.1 Å². The van der Waals surface area contributed by atoms with Gasteiger partial charge in [0.05, 0.1) is 48.3 Å². The lowest BCUT2D eigenvalue weighted by Gasteiger charge is -2.43. The molecule has 1 aromatic heterocycles. The van der Waals surface area contributed by atoms with Gasteiger partial charge < -0.3 is 49.1 Å². The predicted octanol–water partition coefficient (Wildman–Crippen LogP) is 2.48. The molecule has 266 valence electrons. The summed E-state index contributed by atoms with van der Waals surface area (Å²) in [7, 11) is 4.76. The normalized spacial score (nSPS) is 31.8. The molecule has 0 unspecified atom stereocenters. The largest absolute Gasteiger partial charge is 0.507 e. The van der Waals surface area contributed by atoms with Gasteiger partial charge in [0.1, 0.15) is 34.0 Å². The Balaban J connectivity index is 1.21. The zero-order valence-corrected chi connectivity index (χ0v) is 28.8. The van der Waals surface area contributed by atoms with Gasteiger partial charge in [-0.05, 0) is 20.0 Å². The van der Waals surface area contributed by atoms with Crippen LogP contribution in [0.2, 0.25) is 0 Å². The predicted molar refractivity (Wildman–Crippen MR) is 175 cm³/mol. The highest BCUT2D eigenvalue weighted by molar-refractivity contribution is 7.09. The van der Waals surface area contributed by atoms with Gasteiger partial charge in [0.15, 0.2) is 24.6 Å². The number of benzene rings is 2. The molecule has 0 bridgehead atoms. The fourth-order valence-corrected chi connectivity index (χ4v) is 9.18. The molecule has 4 heterocycles. The van der Waals surface area contributed by atoms with Gasteiger partial charge in [-0.2, -0.15) is 0 Å². The van der Waals surface area contributed by atoms with Crippen LogP contribution in [0.15, 0.2) is 23.6 Å². The van der Waals surface area contributed by atoms with E-state index in [0.29, 0.717) is 31.8 Å². The summed E-state index contributed by atoms with van der Waals surface area (Å²) < 4.78 is 36.1. The number of morpholine rings is 1. The number of rotatable bonds is 7. The Labute approximate surface area is 291 Å². The van der Waals surface area contributed by atoms with Gasteiger partial charge >= 0.3 is 0 Å². The number of aromatic hydroxyl groups is 2. The van der Waals surface area contributed by atoms with Gasteiger partial charge in [0.2, 0.25) is 5.78 Å². The Hall–Kier alpha value is -3.51. The number of fused-ring (bicyclic) bond motifs is 6. The van der Waals surface area contributed by atoms with Crippen LogP contribution in [0.3, 0.4) is 0 Å². The van der Waals surface area contributed by atoms with Crippen molar-refractivity contribution in [3.05, 3.63) is 67.7 Å². The fraction of sp³-hybridized carbons (Fsp3) is 0.514. The molecule has 0 saturated carbocycles. The molecular formula is C35H39N3O11S. The Bertz CT molecular complexity index is 1870. The number of aliphatic hydroxyl groups is 1. The first-order valence-corrected chi connectivity index (χ1v) is 17.5. The van der Waals surface area contributed by atoms with Gasteiger partial charge in [-0.15, -0.1) is 11.3 Å². The summed E-state index contributed by atoms with van der Waals surface area (Å²) in [6.45, 7) is 3.47. The summed E-state index contributed by atoms with van der Waals surface area (Å²) >= 11 is 1.37. The van der Waals surface area contributed by atoms with Crippen molar-refractivity contribution >= 4 is 22.9 Å². The maximum atomic E-state index is 14.1. The zero-order chi connectivity index (χ0) is 35.1.